The Labute approximate surface area is 203 Å². The topological polar surface area (TPSA) is 0 Å². The van der Waals surface area contributed by atoms with E-state index in [0.717, 1.165) is 30.1 Å². The minimum atomic E-state index is 0.407. The van der Waals surface area contributed by atoms with Gasteiger partial charge in [0.1, 0.15) is 0 Å². The summed E-state index contributed by atoms with van der Waals surface area (Å²) in [6.07, 6.45) is 13.4. The Hall–Kier alpha value is -2.08. The molecule has 0 aliphatic heterocycles. The van der Waals surface area contributed by atoms with Gasteiger partial charge in [0, 0.05) is 0 Å². The molecule has 0 spiro atoms. The maximum absolute atomic E-state index is 2.38. The third-order valence-corrected chi connectivity index (χ3v) is 7.62. The number of benzene rings is 2. The molecule has 3 atom stereocenters. The molecule has 0 aromatic heterocycles. The predicted molar refractivity (Wildman–Crippen MR) is 145 cm³/mol. The van der Waals surface area contributed by atoms with Crippen LogP contribution in [-0.4, -0.2) is 0 Å². The molecule has 33 heavy (non-hydrogen) atoms. The highest BCUT2D eigenvalue weighted by Crippen LogP contribution is 2.51. The highest BCUT2D eigenvalue weighted by molar-refractivity contribution is 5.73. The van der Waals surface area contributed by atoms with Crippen LogP contribution in [-0.2, 0) is 6.42 Å². The van der Waals surface area contributed by atoms with E-state index in [4.69, 9.17) is 0 Å². The first-order valence-electron chi connectivity index (χ1n) is 13.3. The highest BCUT2D eigenvalue weighted by atomic mass is 14.4. The van der Waals surface area contributed by atoms with E-state index >= 15 is 0 Å². The van der Waals surface area contributed by atoms with Crippen molar-refractivity contribution >= 4 is 5.57 Å². The summed E-state index contributed by atoms with van der Waals surface area (Å²) in [6, 6.07) is 18.6. The number of aryl methyl sites for hydroxylation is 1. The van der Waals surface area contributed by atoms with Crippen LogP contribution in [0.25, 0.3) is 5.57 Å². The lowest BCUT2D eigenvalue weighted by molar-refractivity contribution is 0.301. The van der Waals surface area contributed by atoms with Gasteiger partial charge in [-0.05, 0) is 94.9 Å². The molecule has 2 saturated carbocycles. The summed E-state index contributed by atoms with van der Waals surface area (Å²) in [7, 11) is 0. The Bertz CT molecular complexity index is 958. The van der Waals surface area contributed by atoms with E-state index in [1.807, 2.05) is 0 Å². The van der Waals surface area contributed by atoms with E-state index in [9.17, 15) is 0 Å². The summed E-state index contributed by atoms with van der Waals surface area (Å²) in [5, 5.41) is 0. The summed E-state index contributed by atoms with van der Waals surface area (Å²) in [5.41, 5.74) is 7.89. The fourth-order valence-electron chi connectivity index (χ4n) is 5.28. The lowest BCUT2D eigenvalue weighted by Gasteiger charge is -2.29. The Kier molecular flexibility index (Phi) is 7.32. The van der Waals surface area contributed by atoms with Gasteiger partial charge in [0.2, 0.25) is 0 Å². The van der Waals surface area contributed by atoms with Gasteiger partial charge >= 0.3 is 0 Å². The van der Waals surface area contributed by atoms with Crippen LogP contribution in [0.4, 0.5) is 0 Å². The molecule has 0 saturated heterocycles. The molecule has 3 aliphatic rings. The van der Waals surface area contributed by atoms with Crippen LogP contribution in [0, 0.1) is 23.2 Å². The van der Waals surface area contributed by atoms with E-state index in [1.54, 1.807) is 11.1 Å². The van der Waals surface area contributed by atoms with Crippen LogP contribution < -0.4 is 0 Å². The third-order valence-electron chi connectivity index (χ3n) is 7.62. The van der Waals surface area contributed by atoms with E-state index < -0.39 is 0 Å². The molecule has 2 aromatic rings. The quantitative estimate of drug-likeness (QED) is 0.419. The van der Waals surface area contributed by atoms with Crippen LogP contribution in [0.3, 0.4) is 0 Å². The molecule has 0 nitrogen and oxygen atoms in total. The van der Waals surface area contributed by atoms with E-state index in [2.05, 4.69) is 108 Å². The van der Waals surface area contributed by atoms with E-state index in [-0.39, 0.29) is 0 Å². The smallest absolute Gasteiger partial charge is 0.00869 e. The zero-order valence-electron chi connectivity index (χ0n) is 21.8. The van der Waals surface area contributed by atoms with Crippen molar-refractivity contribution in [2.45, 2.75) is 85.5 Å². The van der Waals surface area contributed by atoms with Gasteiger partial charge in [-0.25, -0.2) is 0 Å². The maximum Gasteiger partial charge on any atom is -0.00869 e. The SMILES string of the molecule is CC(C)C(CC(C)(C)C)c1ccc(C2CC2)cc1.CCc1ccc(C2=CC=CC3CC23)cc1. The monoisotopic (exact) mass is 440 g/mol. The summed E-state index contributed by atoms with van der Waals surface area (Å²) in [4.78, 5) is 0. The standard InChI is InChI=1S/C18H28.C15H16/c1-13(2)17(12-18(3,4)5)16-10-8-15(9-11-16)14-6-7-14;1-2-11-6-8-12(9-7-11)14-5-3-4-13-10-15(13)14/h8-11,13-14,17H,6-7,12H2,1-5H3;3-9,13,15H,2,10H2,1H3. The van der Waals surface area contributed by atoms with Gasteiger partial charge in [-0.2, -0.15) is 0 Å². The second-order valence-corrected chi connectivity index (χ2v) is 12.1. The van der Waals surface area contributed by atoms with Gasteiger partial charge in [0.25, 0.3) is 0 Å². The predicted octanol–water partition coefficient (Wildman–Crippen LogP) is 9.58. The minimum Gasteiger partial charge on any atom is -0.0808 e. The Morgan fingerprint density at radius 3 is 2.12 bits per heavy atom. The Morgan fingerprint density at radius 1 is 0.909 bits per heavy atom. The van der Waals surface area contributed by atoms with Crippen LogP contribution in [0.1, 0.15) is 101 Å². The van der Waals surface area contributed by atoms with E-state index in [1.165, 1.54) is 42.4 Å². The molecule has 3 unspecified atom stereocenters. The summed E-state index contributed by atoms with van der Waals surface area (Å²) in [6.45, 7) is 14.0. The molecule has 0 radical (unpaired) electrons. The summed E-state index contributed by atoms with van der Waals surface area (Å²) < 4.78 is 0. The van der Waals surface area contributed by atoms with Gasteiger partial charge < -0.3 is 0 Å². The molecule has 0 N–H and O–H groups in total. The average molecular weight is 441 g/mol. The average Bonchev–Trinajstić information content (AvgIpc) is 3.70. The molecular weight excluding hydrogens is 396 g/mol. The van der Waals surface area contributed by atoms with Gasteiger partial charge in [-0.15, -0.1) is 0 Å². The maximum atomic E-state index is 2.38. The van der Waals surface area contributed by atoms with Crippen molar-refractivity contribution in [3.63, 3.8) is 0 Å². The lowest BCUT2D eigenvalue weighted by atomic mass is 9.76. The first-order chi connectivity index (χ1) is 15.7. The van der Waals surface area contributed by atoms with Gasteiger partial charge in [-0.1, -0.05) is 108 Å². The fourth-order valence-corrected chi connectivity index (χ4v) is 5.28. The molecule has 2 aromatic carbocycles. The summed E-state index contributed by atoms with van der Waals surface area (Å²) >= 11 is 0. The van der Waals surface area contributed by atoms with Crippen molar-refractivity contribution in [3.05, 3.63) is 89.0 Å². The highest BCUT2D eigenvalue weighted by Gasteiger charge is 2.39. The zero-order valence-corrected chi connectivity index (χ0v) is 21.8. The minimum absolute atomic E-state index is 0.407. The van der Waals surface area contributed by atoms with Crippen molar-refractivity contribution in [2.24, 2.45) is 23.2 Å². The molecule has 0 heteroatoms. The van der Waals surface area contributed by atoms with Crippen molar-refractivity contribution < 1.29 is 0 Å². The van der Waals surface area contributed by atoms with Crippen LogP contribution in [0.15, 0.2) is 66.8 Å². The lowest BCUT2D eigenvalue weighted by Crippen LogP contribution is -2.16. The largest absolute Gasteiger partial charge is 0.0808 e. The molecule has 3 aliphatic carbocycles. The first kappa shape index (κ1) is 24.1. The number of hydrogen-bond donors (Lipinski definition) is 0. The normalized spacial score (nSPS) is 22.2. The number of rotatable bonds is 6. The van der Waals surface area contributed by atoms with Crippen molar-refractivity contribution in [1.82, 2.24) is 0 Å². The fraction of sp³-hybridized carbons (Fsp3) is 0.515. The van der Waals surface area contributed by atoms with Gasteiger partial charge in [-0.3, -0.25) is 0 Å². The van der Waals surface area contributed by atoms with Crippen LogP contribution in [0.5, 0.6) is 0 Å². The molecule has 5 rings (SSSR count). The molecule has 0 amide bonds. The third kappa shape index (κ3) is 6.50. The van der Waals surface area contributed by atoms with Gasteiger partial charge in [0.15, 0.2) is 0 Å². The second-order valence-electron chi connectivity index (χ2n) is 12.1. The van der Waals surface area contributed by atoms with E-state index in [0.29, 0.717) is 11.3 Å². The number of allylic oxidation sites excluding steroid dienone is 4. The molecular formula is C33H44. The number of fused-ring (bicyclic) bond motifs is 1. The molecule has 0 bridgehead atoms. The van der Waals surface area contributed by atoms with Crippen LogP contribution in [0.2, 0.25) is 0 Å². The zero-order chi connectivity index (χ0) is 23.6. The molecule has 176 valence electrons. The second kappa shape index (κ2) is 10.0. The first-order valence-corrected chi connectivity index (χ1v) is 13.3. The Balaban J connectivity index is 0.000000159. The molecule has 0 heterocycles. The van der Waals surface area contributed by atoms with Crippen LogP contribution >= 0.6 is 0 Å². The summed E-state index contributed by atoms with van der Waals surface area (Å²) in [5.74, 6) is 3.95. The number of hydrogen-bond acceptors (Lipinski definition) is 0. The molecule has 2 fully saturated rings. The van der Waals surface area contributed by atoms with Crippen molar-refractivity contribution in [3.8, 4) is 0 Å². The van der Waals surface area contributed by atoms with Crippen molar-refractivity contribution in [1.29, 1.82) is 0 Å². The Morgan fingerprint density at radius 2 is 1.58 bits per heavy atom. The van der Waals surface area contributed by atoms with Crippen molar-refractivity contribution in [2.75, 3.05) is 0 Å². The van der Waals surface area contributed by atoms with Gasteiger partial charge in [0.05, 0.1) is 0 Å².